The van der Waals surface area contributed by atoms with E-state index in [0.717, 1.165) is 16.5 Å². The zero-order chi connectivity index (χ0) is 45.2. The van der Waals surface area contributed by atoms with Crippen LogP contribution < -0.4 is 37.1 Å². The van der Waals surface area contributed by atoms with Gasteiger partial charge in [-0.15, -0.1) is 0 Å². The summed E-state index contributed by atoms with van der Waals surface area (Å²) in [5.74, 6) is -4.66. The number of benzene rings is 3. The summed E-state index contributed by atoms with van der Waals surface area (Å²) in [7, 11) is 1.56. The lowest BCUT2D eigenvalue weighted by Gasteiger charge is -2.26. The van der Waals surface area contributed by atoms with Gasteiger partial charge in [-0.25, -0.2) is 4.79 Å². The third-order valence-corrected chi connectivity index (χ3v) is 9.46. The molecule has 4 rings (SSSR count). The van der Waals surface area contributed by atoms with E-state index < -0.39 is 71.9 Å². The number of amides is 6. The number of unbranched alkanes of at least 4 members (excludes halogenated alkanes) is 1. The minimum absolute atomic E-state index is 0.00458. The third kappa shape index (κ3) is 15.8. The number of carboxylic acid groups (broad SMARTS) is 1. The number of rotatable bonds is 22. The quantitative estimate of drug-likeness (QED) is 0.0423. The summed E-state index contributed by atoms with van der Waals surface area (Å²) in [4.78, 5) is 94.7. The van der Waals surface area contributed by atoms with E-state index in [1.54, 1.807) is 94.8 Å². The normalized spacial score (nSPS) is 13.2. The Morgan fingerprint density at radius 2 is 1.39 bits per heavy atom. The van der Waals surface area contributed by atoms with E-state index in [2.05, 4.69) is 31.6 Å². The summed E-state index contributed by atoms with van der Waals surface area (Å²) in [6.07, 6.45) is 3.56. The van der Waals surface area contributed by atoms with Gasteiger partial charge in [0.2, 0.25) is 29.5 Å². The predicted octanol–water partition coefficient (Wildman–Crippen LogP) is 3.27. The van der Waals surface area contributed by atoms with Gasteiger partial charge >= 0.3 is 12.1 Å². The predicted molar refractivity (Wildman–Crippen MR) is 231 cm³/mol. The van der Waals surface area contributed by atoms with Crippen LogP contribution in [0.1, 0.15) is 63.1 Å². The Bertz CT molecular complexity index is 2200. The molecule has 17 heteroatoms. The second-order valence-corrected chi connectivity index (χ2v) is 15.5. The first kappa shape index (κ1) is 47.5. The van der Waals surface area contributed by atoms with Gasteiger partial charge < -0.3 is 51.9 Å². The first-order valence-electron chi connectivity index (χ1n) is 20.1. The molecular weight excluding hydrogens is 799 g/mol. The molecule has 4 atom stereocenters. The molecular formula is C45H55N7O10. The van der Waals surface area contributed by atoms with Crippen LogP contribution in [0.2, 0.25) is 0 Å². The van der Waals surface area contributed by atoms with Gasteiger partial charge in [-0.05, 0) is 81.0 Å². The number of carbonyl (C=O) groups excluding carboxylic acids is 6. The highest BCUT2D eigenvalue weighted by molar-refractivity contribution is 5.97. The van der Waals surface area contributed by atoms with Crippen molar-refractivity contribution in [2.45, 2.75) is 89.1 Å². The number of aliphatic carboxylic acids is 1. The molecule has 0 bridgehead atoms. The van der Waals surface area contributed by atoms with Crippen molar-refractivity contribution < 1.29 is 48.1 Å². The molecule has 0 spiro atoms. The van der Waals surface area contributed by atoms with Gasteiger partial charge in [-0.2, -0.15) is 0 Å². The lowest BCUT2D eigenvalue weighted by atomic mass is 10.0. The summed E-state index contributed by atoms with van der Waals surface area (Å²) in [5, 5.41) is 23.5. The van der Waals surface area contributed by atoms with Crippen LogP contribution in [0.5, 0.6) is 5.75 Å². The molecule has 0 radical (unpaired) electrons. The Labute approximate surface area is 359 Å². The highest BCUT2D eigenvalue weighted by Gasteiger charge is 2.33. The van der Waals surface area contributed by atoms with Crippen LogP contribution in [0.4, 0.5) is 4.79 Å². The van der Waals surface area contributed by atoms with Crippen molar-refractivity contribution in [3.8, 4) is 5.75 Å². The molecule has 0 unspecified atom stereocenters. The van der Waals surface area contributed by atoms with Crippen LogP contribution in [0.15, 0.2) is 91.1 Å². The average molecular weight is 854 g/mol. The number of hydrogen-bond donors (Lipinski definition) is 8. The molecule has 3 aromatic carbocycles. The highest BCUT2D eigenvalue weighted by atomic mass is 16.6. The van der Waals surface area contributed by atoms with Crippen LogP contribution in [-0.2, 0) is 46.3 Å². The number of ether oxygens (including phenoxy) is 2. The van der Waals surface area contributed by atoms with Crippen molar-refractivity contribution in [2.24, 2.45) is 5.73 Å². The summed E-state index contributed by atoms with van der Waals surface area (Å²) < 4.78 is 10.6. The van der Waals surface area contributed by atoms with E-state index in [0.29, 0.717) is 23.3 Å². The largest absolute Gasteiger partial charge is 0.497 e. The molecule has 330 valence electrons. The van der Waals surface area contributed by atoms with Crippen molar-refractivity contribution in [1.29, 1.82) is 0 Å². The molecule has 0 aliphatic rings. The number of alkyl carbamates (subject to hydrolysis) is 1. The number of primary amides is 1. The van der Waals surface area contributed by atoms with E-state index >= 15 is 0 Å². The topological polar surface area (TPSA) is 260 Å². The number of hydrogen-bond acceptors (Lipinski definition) is 9. The fourth-order valence-electron chi connectivity index (χ4n) is 6.35. The number of fused-ring (bicyclic) bond motifs is 1. The molecule has 17 nitrogen and oxygen atoms in total. The molecule has 1 heterocycles. The molecule has 1 aromatic heterocycles. The molecule has 4 aromatic rings. The maximum atomic E-state index is 14.1. The maximum absolute atomic E-state index is 14.1. The van der Waals surface area contributed by atoms with Crippen LogP contribution in [0.3, 0.4) is 0 Å². The van der Waals surface area contributed by atoms with E-state index in [9.17, 15) is 38.7 Å². The number of aromatic nitrogens is 1. The Morgan fingerprint density at radius 1 is 0.758 bits per heavy atom. The molecule has 0 aliphatic heterocycles. The fourth-order valence-corrected chi connectivity index (χ4v) is 6.35. The van der Waals surface area contributed by atoms with Gasteiger partial charge in [0, 0.05) is 42.6 Å². The number of nitrogens with one attached hydrogen (secondary N) is 6. The number of carbonyl (C=O) groups is 7. The number of carboxylic acids is 1. The van der Waals surface area contributed by atoms with Gasteiger partial charge in [0.05, 0.1) is 13.5 Å². The van der Waals surface area contributed by atoms with E-state index in [-0.39, 0.29) is 38.1 Å². The van der Waals surface area contributed by atoms with Crippen LogP contribution >= 0.6 is 0 Å². The standard InChI is InChI=1S/C45H55N7O10/c1-45(2,3)62-44(60)52-36(25-30-27-48-33-15-9-8-14-32(30)33)42(58)49-34(16-10-11-23-47-38(53)22-19-28-17-20-31(61-4)21-18-28)41(57)51-37(26-39(54)55)43(59)50-35(40(46)56)24-29-12-6-5-7-13-29/h5-9,12-15,17-22,27,34-37,48H,10-11,16,23-26H2,1-4H3,(H2,46,56)(H,47,53)(H,49,58)(H,50,59)(H,51,57)(H,52,60)(H,54,55)/b22-19+/t34-,35-,36-,37-/m0/s1. The number of methoxy groups -OCH3 is 1. The van der Waals surface area contributed by atoms with E-state index in [1.807, 2.05) is 24.3 Å². The number of nitrogens with two attached hydrogens (primary N) is 1. The van der Waals surface area contributed by atoms with Crippen molar-refractivity contribution in [2.75, 3.05) is 13.7 Å². The van der Waals surface area contributed by atoms with Gasteiger partial charge in [0.25, 0.3) is 0 Å². The summed E-state index contributed by atoms with van der Waals surface area (Å²) in [5.41, 5.74) is 7.62. The van der Waals surface area contributed by atoms with Crippen molar-refractivity contribution >= 4 is 58.6 Å². The average Bonchev–Trinajstić information content (AvgIpc) is 3.63. The lowest BCUT2D eigenvalue weighted by molar-refractivity contribution is -0.141. The highest BCUT2D eigenvalue weighted by Crippen LogP contribution is 2.20. The second kappa shape index (κ2) is 23.0. The van der Waals surface area contributed by atoms with Gasteiger partial charge in [-0.1, -0.05) is 60.7 Å². The minimum Gasteiger partial charge on any atom is -0.497 e. The van der Waals surface area contributed by atoms with Gasteiger partial charge in [-0.3, -0.25) is 28.8 Å². The third-order valence-electron chi connectivity index (χ3n) is 9.46. The molecule has 0 saturated carbocycles. The number of para-hydroxylation sites is 1. The van der Waals surface area contributed by atoms with Gasteiger partial charge in [0.15, 0.2) is 0 Å². The van der Waals surface area contributed by atoms with Crippen LogP contribution in [0, 0.1) is 0 Å². The molecule has 0 fully saturated rings. The van der Waals surface area contributed by atoms with Crippen molar-refractivity contribution in [3.05, 3.63) is 108 Å². The van der Waals surface area contributed by atoms with Crippen molar-refractivity contribution in [3.63, 3.8) is 0 Å². The second-order valence-electron chi connectivity index (χ2n) is 15.5. The van der Waals surface area contributed by atoms with E-state index in [1.165, 1.54) is 6.08 Å². The SMILES string of the molecule is COc1ccc(/C=C/C(=O)NCCCC[C@H](NC(=O)[C@H](Cc2c[nH]c3ccccc23)NC(=O)OC(C)(C)C)C(=O)N[C@@H](CC(=O)O)C(=O)N[C@@H](Cc2ccccc2)C(N)=O)cc1. The van der Waals surface area contributed by atoms with Crippen LogP contribution in [-0.4, -0.2) is 95.1 Å². The molecule has 0 aliphatic carbocycles. The first-order chi connectivity index (χ1) is 29.5. The van der Waals surface area contributed by atoms with Crippen molar-refractivity contribution in [1.82, 2.24) is 31.6 Å². The van der Waals surface area contributed by atoms with Crippen LogP contribution in [0.25, 0.3) is 17.0 Å². The maximum Gasteiger partial charge on any atom is 0.408 e. The zero-order valence-electron chi connectivity index (χ0n) is 35.2. The molecule has 62 heavy (non-hydrogen) atoms. The first-order valence-corrected chi connectivity index (χ1v) is 20.1. The summed E-state index contributed by atoms with van der Waals surface area (Å²) >= 11 is 0. The Hall–Kier alpha value is -7.17. The number of aromatic amines is 1. The van der Waals surface area contributed by atoms with Gasteiger partial charge in [0.1, 0.15) is 35.5 Å². The van der Waals surface area contributed by atoms with E-state index in [4.69, 9.17) is 15.2 Å². The zero-order valence-corrected chi connectivity index (χ0v) is 35.2. The fraction of sp³-hybridized carbons (Fsp3) is 0.356. The molecule has 0 saturated heterocycles. The molecule has 6 amide bonds. The monoisotopic (exact) mass is 853 g/mol. The smallest absolute Gasteiger partial charge is 0.408 e. The summed E-state index contributed by atoms with van der Waals surface area (Å²) in [6.45, 7) is 5.20. The minimum atomic E-state index is -1.68. The Balaban J connectivity index is 1.53. The Kier molecular flexibility index (Phi) is 17.6. The number of H-pyrrole nitrogens is 1. The summed E-state index contributed by atoms with van der Waals surface area (Å²) in [6, 6.07) is 17.6. The molecule has 9 N–H and O–H groups in total. The Morgan fingerprint density at radius 3 is 2.05 bits per heavy atom. The lowest BCUT2D eigenvalue weighted by Crippen LogP contribution is -2.59.